The molecule has 0 fully saturated rings. The van der Waals surface area contributed by atoms with Gasteiger partial charge in [-0.05, 0) is 51.6 Å². The maximum absolute atomic E-state index is 13.2. The van der Waals surface area contributed by atoms with E-state index in [1.807, 2.05) is 66.9 Å². The molecule has 206 valence electrons. The molecule has 0 bridgehead atoms. The molecule has 0 unspecified atom stereocenters. The highest BCUT2D eigenvalue weighted by atomic mass is 79.9. The molecule has 0 saturated heterocycles. The van der Waals surface area contributed by atoms with E-state index in [0.717, 1.165) is 48.8 Å². The first kappa shape index (κ1) is 26.8. The number of carbonyl (C=O) groups is 2. The number of hydrogen-bond donors (Lipinski definition) is 1. The van der Waals surface area contributed by atoms with Gasteiger partial charge in [-0.1, -0.05) is 94.8 Å². The van der Waals surface area contributed by atoms with Crippen LogP contribution in [-0.4, -0.2) is 46.3 Å². The van der Waals surface area contributed by atoms with E-state index in [2.05, 4.69) is 56.9 Å². The van der Waals surface area contributed by atoms with Crippen LogP contribution in [0.5, 0.6) is 0 Å². The number of carbonyl (C=O) groups excluding carboxylic acids is 1. The standard InChI is InChI=1S/C34H29BrN2O4/c1-36(34(40)41-21-30-28-11-4-2-9-26(28)27-10-3-5-12-29(27)30)32(33(38)39)18-23-20-37(31-13-7-6-8-25(23)31)19-22-14-16-24(35)17-15-22/h2-17,20,30,32H,18-19,21H2,1H3,(H,38,39)/t32-/m0/s1. The van der Waals surface area contributed by atoms with Crippen LogP contribution in [0.25, 0.3) is 22.0 Å². The van der Waals surface area contributed by atoms with E-state index in [1.165, 1.54) is 11.9 Å². The largest absolute Gasteiger partial charge is 0.480 e. The molecule has 0 aliphatic heterocycles. The lowest BCUT2D eigenvalue weighted by Crippen LogP contribution is -2.44. The molecule has 1 aliphatic rings. The number of aromatic nitrogens is 1. The summed E-state index contributed by atoms with van der Waals surface area (Å²) in [4.78, 5) is 26.9. The third-order valence-corrected chi connectivity index (χ3v) is 8.46. The summed E-state index contributed by atoms with van der Waals surface area (Å²) in [5.74, 6) is -1.18. The summed E-state index contributed by atoms with van der Waals surface area (Å²) in [6.07, 6.45) is 1.50. The van der Waals surface area contributed by atoms with Gasteiger partial charge < -0.3 is 14.4 Å². The zero-order chi connectivity index (χ0) is 28.5. The topological polar surface area (TPSA) is 71.8 Å². The molecule has 1 amide bonds. The van der Waals surface area contributed by atoms with Gasteiger partial charge >= 0.3 is 12.1 Å². The third-order valence-electron chi connectivity index (χ3n) is 7.93. The van der Waals surface area contributed by atoms with Crippen LogP contribution in [0.2, 0.25) is 0 Å². The first-order valence-corrected chi connectivity index (χ1v) is 14.3. The van der Waals surface area contributed by atoms with Crippen molar-refractivity contribution < 1.29 is 19.4 Å². The normalized spacial score (nSPS) is 13.0. The first-order chi connectivity index (χ1) is 19.9. The van der Waals surface area contributed by atoms with Gasteiger partial charge in [0.05, 0.1) is 0 Å². The van der Waals surface area contributed by atoms with Crippen molar-refractivity contribution in [2.75, 3.05) is 13.7 Å². The summed E-state index contributed by atoms with van der Waals surface area (Å²) in [7, 11) is 1.50. The number of ether oxygens (including phenoxy) is 1. The van der Waals surface area contributed by atoms with Crippen LogP contribution < -0.4 is 0 Å². The van der Waals surface area contributed by atoms with E-state index < -0.39 is 18.1 Å². The van der Waals surface area contributed by atoms with Crippen LogP contribution in [0.3, 0.4) is 0 Å². The Labute approximate surface area is 246 Å². The lowest BCUT2D eigenvalue weighted by molar-refractivity contribution is -0.142. The summed E-state index contributed by atoms with van der Waals surface area (Å²) in [6.45, 7) is 0.782. The van der Waals surface area contributed by atoms with Crippen molar-refractivity contribution >= 4 is 38.9 Å². The molecule has 6 rings (SSSR count). The second-order valence-electron chi connectivity index (χ2n) is 10.4. The molecule has 1 heterocycles. The number of rotatable bonds is 8. The van der Waals surface area contributed by atoms with Gasteiger partial charge in [0.25, 0.3) is 0 Å². The molecule has 7 heteroatoms. The molecular formula is C34H29BrN2O4. The van der Waals surface area contributed by atoms with Crippen LogP contribution in [0, 0.1) is 0 Å². The number of aliphatic carboxylic acids is 1. The molecule has 1 N–H and O–H groups in total. The van der Waals surface area contributed by atoms with Gasteiger partial charge in [-0.15, -0.1) is 0 Å². The van der Waals surface area contributed by atoms with E-state index in [9.17, 15) is 14.7 Å². The average Bonchev–Trinajstić information content (AvgIpc) is 3.50. The molecular weight excluding hydrogens is 580 g/mol. The zero-order valence-corrected chi connectivity index (χ0v) is 24.1. The highest BCUT2D eigenvalue weighted by Gasteiger charge is 2.32. The fourth-order valence-corrected chi connectivity index (χ4v) is 6.09. The van der Waals surface area contributed by atoms with Crippen LogP contribution in [0.1, 0.15) is 28.2 Å². The second kappa shape index (κ2) is 11.3. The van der Waals surface area contributed by atoms with Gasteiger partial charge in [-0.25, -0.2) is 9.59 Å². The summed E-state index contributed by atoms with van der Waals surface area (Å²) < 4.78 is 8.91. The summed E-state index contributed by atoms with van der Waals surface area (Å²) in [5.41, 5.74) is 7.50. The number of halogens is 1. The predicted molar refractivity (Wildman–Crippen MR) is 163 cm³/mol. The monoisotopic (exact) mass is 608 g/mol. The fourth-order valence-electron chi connectivity index (χ4n) is 5.82. The molecule has 0 spiro atoms. The molecule has 1 aliphatic carbocycles. The Morgan fingerprint density at radius 1 is 0.902 bits per heavy atom. The van der Waals surface area contributed by atoms with E-state index in [0.29, 0.717) is 6.54 Å². The van der Waals surface area contributed by atoms with E-state index in [1.54, 1.807) is 0 Å². The van der Waals surface area contributed by atoms with E-state index >= 15 is 0 Å². The first-order valence-electron chi connectivity index (χ1n) is 13.5. The summed E-state index contributed by atoms with van der Waals surface area (Å²) in [6, 6.07) is 31.2. The Bertz CT molecular complexity index is 1700. The number of likely N-dealkylation sites (N-methyl/N-ethyl adjacent to an activating group) is 1. The lowest BCUT2D eigenvalue weighted by Gasteiger charge is -2.25. The molecule has 0 radical (unpaired) electrons. The number of amides is 1. The van der Waals surface area contributed by atoms with E-state index in [-0.39, 0.29) is 18.9 Å². The number of nitrogens with zero attached hydrogens (tertiary/aromatic N) is 2. The zero-order valence-electron chi connectivity index (χ0n) is 22.5. The number of fused-ring (bicyclic) bond motifs is 4. The number of carboxylic acid groups (broad SMARTS) is 1. The Hall–Kier alpha value is -4.36. The van der Waals surface area contributed by atoms with Crippen LogP contribution >= 0.6 is 15.9 Å². The van der Waals surface area contributed by atoms with Gasteiger partial charge in [0.2, 0.25) is 0 Å². The molecule has 4 aromatic carbocycles. The molecule has 5 aromatic rings. The Morgan fingerprint density at radius 3 is 2.17 bits per heavy atom. The maximum atomic E-state index is 13.2. The fraction of sp³-hybridized carbons (Fsp3) is 0.176. The van der Waals surface area contributed by atoms with Crippen molar-refractivity contribution in [2.45, 2.75) is 24.9 Å². The molecule has 0 saturated carbocycles. The van der Waals surface area contributed by atoms with Crippen molar-refractivity contribution in [3.63, 3.8) is 0 Å². The smallest absolute Gasteiger partial charge is 0.410 e. The third kappa shape index (κ3) is 5.25. The number of benzene rings is 4. The minimum Gasteiger partial charge on any atom is -0.480 e. The maximum Gasteiger partial charge on any atom is 0.410 e. The van der Waals surface area contributed by atoms with Crippen LogP contribution in [0.15, 0.2) is 108 Å². The Morgan fingerprint density at radius 2 is 1.51 bits per heavy atom. The van der Waals surface area contributed by atoms with Crippen molar-refractivity contribution in [1.29, 1.82) is 0 Å². The van der Waals surface area contributed by atoms with Crippen LogP contribution in [0.4, 0.5) is 4.79 Å². The van der Waals surface area contributed by atoms with Crippen molar-refractivity contribution in [3.8, 4) is 11.1 Å². The number of para-hydroxylation sites is 1. The summed E-state index contributed by atoms with van der Waals surface area (Å²) >= 11 is 3.48. The Balaban J connectivity index is 1.20. The van der Waals surface area contributed by atoms with E-state index in [4.69, 9.17) is 4.74 Å². The minimum absolute atomic E-state index is 0.0976. The number of carboxylic acids is 1. The predicted octanol–water partition coefficient (Wildman–Crippen LogP) is 7.33. The Kier molecular flexibility index (Phi) is 7.37. The highest BCUT2D eigenvalue weighted by Crippen LogP contribution is 2.44. The van der Waals surface area contributed by atoms with Crippen molar-refractivity contribution in [3.05, 3.63) is 130 Å². The van der Waals surface area contributed by atoms with Gasteiger partial charge in [-0.3, -0.25) is 4.90 Å². The SMILES string of the molecule is CN(C(=O)OCC1c2ccccc2-c2ccccc21)[C@@H](Cc1cn(Cc2ccc(Br)cc2)c2ccccc12)C(=O)O. The molecule has 6 nitrogen and oxygen atoms in total. The average molecular weight is 610 g/mol. The quantitative estimate of drug-likeness (QED) is 0.200. The van der Waals surface area contributed by atoms with Gasteiger partial charge in [0.1, 0.15) is 12.6 Å². The summed E-state index contributed by atoms with van der Waals surface area (Å²) in [5, 5.41) is 11.1. The van der Waals surface area contributed by atoms with Gasteiger partial charge in [-0.2, -0.15) is 0 Å². The van der Waals surface area contributed by atoms with Gasteiger partial charge in [0, 0.05) is 47.5 Å². The highest BCUT2D eigenvalue weighted by molar-refractivity contribution is 9.10. The molecule has 1 aromatic heterocycles. The second-order valence-corrected chi connectivity index (χ2v) is 11.3. The van der Waals surface area contributed by atoms with Crippen molar-refractivity contribution in [2.24, 2.45) is 0 Å². The van der Waals surface area contributed by atoms with Gasteiger partial charge in [0.15, 0.2) is 0 Å². The van der Waals surface area contributed by atoms with Crippen molar-refractivity contribution in [1.82, 2.24) is 9.47 Å². The lowest BCUT2D eigenvalue weighted by atomic mass is 9.98. The minimum atomic E-state index is -1.09. The van der Waals surface area contributed by atoms with Crippen LogP contribution in [-0.2, 0) is 22.5 Å². The number of hydrogen-bond acceptors (Lipinski definition) is 3. The molecule has 1 atom stereocenters. The molecule has 41 heavy (non-hydrogen) atoms.